The number of carbonyl (C=O) groups is 2. The van der Waals surface area contributed by atoms with E-state index in [2.05, 4.69) is 6.58 Å². The van der Waals surface area contributed by atoms with E-state index in [-0.39, 0.29) is 30.2 Å². The van der Waals surface area contributed by atoms with Crippen molar-refractivity contribution in [2.24, 2.45) is 0 Å². The second-order valence-electron chi connectivity index (χ2n) is 5.47. The van der Waals surface area contributed by atoms with E-state index in [1.165, 1.54) is 30.1 Å². The van der Waals surface area contributed by atoms with Gasteiger partial charge in [0.2, 0.25) is 0 Å². The van der Waals surface area contributed by atoms with Crippen LogP contribution < -0.4 is 4.90 Å². The zero-order valence-electron chi connectivity index (χ0n) is 15.1. The molecule has 0 bridgehead atoms. The second-order valence-corrected chi connectivity index (χ2v) is 5.47. The van der Waals surface area contributed by atoms with Crippen molar-refractivity contribution < 1.29 is 24.0 Å². The molecule has 1 aromatic rings. The predicted octanol–water partition coefficient (Wildman–Crippen LogP) is 3.11. The minimum absolute atomic E-state index is 0.0827. The fourth-order valence-corrected chi connectivity index (χ4v) is 2.18. The topological polar surface area (TPSA) is 99.0 Å². The Kier molecular flexibility index (Phi) is 9.00. The number of likely N-dealkylation sites (N-methyl/N-ethyl adjacent to an activating group) is 1. The van der Waals surface area contributed by atoms with E-state index in [0.717, 1.165) is 19.3 Å². The maximum absolute atomic E-state index is 12.3. The standard InChI is InChI=1S/C18H24N2O6/c1-4-6-7-8-11-25-13-17(21)19(3)16-12-14(20(23)24)9-10-15(16)18(22)26-5-2/h4,9-10,12H,1,5-8,11,13H2,2-3H3. The minimum atomic E-state index is -0.651. The molecule has 142 valence electrons. The van der Waals surface area contributed by atoms with Crippen LogP contribution in [0.3, 0.4) is 0 Å². The SMILES string of the molecule is C=CCCCCOCC(=O)N(C)c1cc([N+](=O)[O-])ccc1C(=O)OCC. The maximum atomic E-state index is 12.3. The highest BCUT2D eigenvalue weighted by atomic mass is 16.6. The summed E-state index contributed by atoms with van der Waals surface area (Å²) in [6.45, 7) is 5.67. The number of benzene rings is 1. The summed E-state index contributed by atoms with van der Waals surface area (Å²) in [5.74, 6) is -1.07. The van der Waals surface area contributed by atoms with E-state index in [1.807, 2.05) is 6.08 Å². The van der Waals surface area contributed by atoms with Crippen molar-refractivity contribution in [1.29, 1.82) is 0 Å². The average Bonchev–Trinajstić information content (AvgIpc) is 2.63. The summed E-state index contributed by atoms with van der Waals surface area (Å²) >= 11 is 0. The fourth-order valence-electron chi connectivity index (χ4n) is 2.18. The lowest BCUT2D eigenvalue weighted by molar-refractivity contribution is -0.384. The molecule has 0 aliphatic heterocycles. The number of non-ortho nitro benzene ring substituents is 1. The first-order chi connectivity index (χ1) is 12.4. The first-order valence-electron chi connectivity index (χ1n) is 8.33. The summed E-state index contributed by atoms with van der Waals surface area (Å²) in [5.41, 5.74) is -0.0322. The number of nitro groups is 1. The molecule has 0 radical (unpaired) electrons. The van der Waals surface area contributed by atoms with Gasteiger partial charge in [-0.1, -0.05) is 6.08 Å². The van der Waals surface area contributed by atoms with Crippen molar-refractivity contribution in [2.45, 2.75) is 26.2 Å². The Morgan fingerprint density at radius 3 is 2.69 bits per heavy atom. The van der Waals surface area contributed by atoms with Gasteiger partial charge < -0.3 is 14.4 Å². The summed E-state index contributed by atoms with van der Waals surface area (Å²) in [4.78, 5) is 36.0. The van der Waals surface area contributed by atoms with Crippen LogP contribution in [0.5, 0.6) is 0 Å². The van der Waals surface area contributed by atoms with Gasteiger partial charge in [0.25, 0.3) is 11.6 Å². The third kappa shape index (κ3) is 6.29. The molecule has 0 spiro atoms. The average molecular weight is 364 g/mol. The molecule has 1 rings (SSSR count). The van der Waals surface area contributed by atoms with Gasteiger partial charge in [0.15, 0.2) is 0 Å². The molecule has 8 nitrogen and oxygen atoms in total. The Hall–Kier alpha value is -2.74. The van der Waals surface area contributed by atoms with Gasteiger partial charge in [-0.2, -0.15) is 0 Å². The van der Waals surface area contributed by atoms with Crippen LogP contribution in [0.15, 0.2) is 30.9 Å². The Labute approximate surface area is 152 Å². The molecule has 0 aromatic heterocycles. The van der Waals surface area contributed by atoms with Crippen LogP contribution in [0.4, 0.5) is 11.4 Å². The smallest absolute Gasteiger partial charge is 0.340 e. The lowest BCUT2D eigenvalue weighted by atomic mass is 10.1. The van der Waals surface area contributed by atoms with Gasteiger partial charge in [-0.25, -0.2) is 4.79 Å². The highest BCUT2D eigenvalue weighted by Gasteiger charge is 2.22. The largest absolute Gasteiger partial charge is 0.462 e. The number of allylic oxidation sites excluding steroid dienone is 1. The molecule has 1 amide bonds. The molecule has 0 aliphatic carbocycles. The zero-order chi connectivity index (χ0) is 19.5. The van der Waals surface area contributed by atoms with Crippen molar-refractivity contribution in [3.05, 3.63) is 46.5 Å². The third-order valence-electron chi connectivity index (χ3n) is 3.60. The van der Waals surface area contributed by atoms with Crippen molar-refractivity contribution in [2.75, 3.05) is 31.8 Å². The number of rotatable bonds is 11. The highest BCUT2D eigenvalue weighted by molar-refractivity contribution is 6.03. The van der Waals surface area contributed by atoms with Gasteiger partial charge in [0.1, 0.15) is 6.61 Å². The molecule has 0 heterocycles. The molecule has 0 saturated carbocycles. The number of unbranched alkanes of at least 4 members (excludes halogenated alkanes) is 2. The maximum Gasteiger partial charge on any atom is 0.340 e. The van der Waals surface area contributed by atoms with E-state index in [0.29, 0.717) is 6.61 Å². The van der Waals surface area contributed by atoms with Crippen molar-refractivity contribution in [3.8, 4) is 0 Å². The molecular weight excluding hydrogens is 340 g/mol. The van der Waals surface area contributed by atoms with Gasteiger partial charge >= 0.3 is 5.97 Å². The monoisotopic (exact) mass is 364 g/mol. The van der Waals surface area contributed by atoms with Gasteiger partial charge in [-0.05, 0) is 32.3 Å². The quantitative estimate of drug-likeness (QED) is 0.197. The van der Waals surface area contributed by atoms with E-state index in [1.54, 1.807) is 6.92 Å². The molecule has 0 fully saturated rings. The first kappa shape index (κ1) is 21.3. The van der Waals surface area contributed by atoms with Gasteiger partial charge in [0, 0.05) is 25.8 Å². The van der Waals surface area contributed by atoms with E-state index < -0.39 is 16.8 Å². The predicted molar refractivity (Wildman–Crippen MR) is 97.3 cm³/mol. The summed E-state index contributed by atoms with van der Waals surface area (Å²) in [7, 11) is 1.44. The Morgan fingerprint density at radius 2 is 2.08 bits per heavy atom. The molecular formula is C18H24N2O6. The zero-order valence-corrected chi connectivity index (χ0v) is 15.1. The number of hydrogen-bond acceptors (Lipinski definition) is 6. The van der Waals surface area contributed by atoms with Gasteiger partial charge in [0.05, 0.1) is 22.8 Å². The first-order valence-corrected chi connectivity index (χ1v) is 8.33. The number of anilines is 1. The molecule has 1 aromatic carbocycles. The Bertz CT molecular complexity index is 659. The molecule has 26 heavy (non-hydrogen) atoms. The summed E-state index contributed by atoms with van der Waals surface area (Å²) in [6, 6.07) is 3.66. The van der Waals surface area contributed by atoms with Crippen molar-refractivity contribution in [1.82, 2.24) is 0 Å². The molecule has 0 N–H and O–H groups in total. The van der Waals surface area contributed by atoms with Crippen molar-refractivity contribution in [3.63, 3.8) is 0 Å². The number of amides is 1. The molecule has 0 saturated heterocycles. The summed E-state index contributed by atoms with van der Waals surface area (Å²) in [5, 5.41) is 11.0. The number of nitrogens with zero attached hydrogens (tertiary/aromatic N) is 2. The lowest BCUT2D eigenvalue weighted by Gasteiger charge is -2.20. The number of hydrogen-bond donors (Lipinski definition) is 0. The van der Waals surface area contributed by atoms with Crippen LogP contribution >= 0.6 is 0 Å². The van der Waals surface area contributed by atoms with Gasteiger partial charge in [-0.15, -0.1) is 6.58 Å². The number of esters is 1. The molecule has 0 aliphatic rings. The molecule has 0 atom stereocenters. The Morgan fingerprint density at radius 1 is 1.35 bits per heavy atom. The minimum Gasteiger partial charge on any atom is -0.462 e. The summed E-state index contributed by atoms with van der Waals surface area (Å²) < 4.78 is 10.3. The van der Waals surface area contributed by atoms with Crippen molar-refractivity contribution >= 4 is 23.3 Å². The highest BCUT2D eigenvalue weighted by Crippen LogP contribution is 2.26. The molecule has 0 unspecified atom stereocenters. The van der Waals surface area contributed by atoms with E-state index >= 15 is 0 Å². The van der Waals surface area contributed by atoms with Crippen LogP contribution in [0, 0.1) is 10.1 Å². The number of carbonyl (C=O) groups excluding carboxylic acids is 2. The number of ether oxygens (including phenoxy) is 2. The lowest BCUT2D eigenvalue weighted by Crippen LogP contribution is -2.31. The van der Waals surface area contributed by atoms with E-state index in [4.69, 9.17) is 9.47 Å². The van der Waals surface area contributed by atoms with Crippen LogP contribution in [-0.2, 0) is 14.3 Å². The van der Waals surface area contributed by atoms with Crippen LogP contribution in [0.2, 0.25) is 0 Å². The molecule has 8 heteroatoms. The second kappa shape index (κ2) is 11.0. The fraction of sp³-hybridized carbons (Fsp3) is 0.444. The van der Waals surface area contributed by atoms with Gasteiger partial charge in [-0.3, -0.25) is 14.9 Å². The van der Waals surface area contributed by atoms with Crippen LogP contribution in [0.1, 0.15) is 36.5 Å². The summed E-state index contributed by atoms with van der Waals surface area (Å²) in [6.07, 6.45) is 4.42. The third-order valence-corrected chi connectivity index (χ3v) is 3.60. The number of nitro benzene ring substituents is 1. The normalized spacial score (nSPS) is 10.2. The Balaban J connectivity index is 2.86. The van der Waals surface area contributed by atoms with Crippen LogP contribution in [-0.4, -0.2) is 43.7 Å². The van der Waals surface area contributed by atoms with Crippen LogP contribution in [0.25, 0.3) is 0 Å². The van der Waals surface area contributed by atoms with E-state index in [9.17, 15) is 19.7 Å².